The fraction of sp³-hybridized carbons (Fsp3) is 0.417. The molecule has 1 aromatic rings. The van der Waals surface area contributed by atoms with Crippen molar-refractivity contribution >= 4 is 22.2 Å². The first-order valence-electron chi connectivity index (χ1n) is 5.48. The number of carbonyl (C=O) groups is 1. The van der Waals surface area contributed by atoms with Crippen molar-refractivity contribution in [1.29, 1.82) is 0 Å². The van der Waals surface area contributed by atoms with Gasteiger partial charge < -0.3 is 14.8 Å². The lowest BCUT2D eigenvalue weighted by molar-refractivity contribution is 0.111. The smallest absolute Gasteiger partial charge is 0.173 e. The Balaban J connectivity index is 2.46. The Kier molecular flexibility index (Phi) is 4.02. The molecule has 2 rings (SSSR count). The molecule has 1 heterocycles. The molecule has 0 fully saturated rings. The van der Waals surface area contributed by atoms with Crippen molar-refractivity contribution in [2.75, 3.05) is 26.8 Å². The minimum Gasteiger partial charge on any atom is -0.486 e. The third-order valence-electron chi connectivity index (χ3n) is 2.64. The lowest BCUT2D eigenvalue weighted by atomic mass is 10.1. The number of hydrogen-bond donors (Lipinski definition) is 1. The molecule has 1 aliphatic rings. The fourth-order valence-electron chi connectivity index (χ4n) is 1.82. The zero-order valence-electron chi connectivity index (χ0n) is 9.59. The van der Waals surface area contributed by atoms with Crippen LogP contribution in [0.3, 0.4) is 0 Å². The van der Waals surface area contributed by atoms with Crippen LogP contribution in [-0.4, -0.2) is 33.1 Å². The highest BCUT2D eigenvalue weighted by atomic mass is 79.9. The van der Waals surface area contributed by atoms with E-state index in [1.807, 2.05) is 13.1 Å². The number of halogens is 1. The molecule has 1 N–H and O–H groups in total. The molecule has 0 aromatic heterocycles. The van der Waals surface area contributed by atoms with Crippen LogP contribution in [0.25, 0.3) is 0 Å². The summed E-state index contributed by atoms with van der Waals surface area (Å²) >= 11 is 3.39. The highest BCUT2D eigenvalue weighted by Gasteiger charge is 2.22. The Bertz CT molecular complexity index is 434. The van der Waals surface area contributed by atoms with E-state index in [0.717, 1.165) is 29.3 Å². The quantitative estimate of drug-likeness (QED) is 0.861. The van der Waals surface area contributed by atoms with Crippen LogP contribution >= 0.6 is 15.9 Å². The molecule has 0 atom stereocenters. The minimum atomic E-state index is 0.482. The first kappa shape index (κ1) is 12.4. The third kappa shape index (κ3) is 2.45. The molecule has 0 spiro atoms. The van der Waals surface area contributed by atoms with Crippen LogP contribution in [0.1, 0.15) is 15.9 Å². The summed E-state index contributed by atoms with van der Waals surface area (Å²) in [6.07, 6.45) is 1.62. The highest BCUT2D eigenvalue weighted by Crippen LogP contribution is 2.40. The molecule has 0 radical (unpaired) electrons. The van der Waals surface area contributed by atoms with E-state index < -0.39 is 0 Å². The number of likely N-dealkylation sites (N-methyl/N-ethyl adjacent to an activating group) is 1. The van der Waals surface area contributed by atoms with Gasteiger partial charge in [0.25, 0.3) is 0 Å². The van der Waals surface area contributed by atoms with Crippen LogP contribution in [0.5, 0.6) is 11.5 Å². The standard InChI is InChI=1S/C12H14BrNO3/c1-14-3-2-8-6-10(13)9(7-15)12-11(8)16-4-5-17-12/h6-7,14H,2-5H2,1H3. The molecular formula is C12H14BrNO3. The van der Waals surface area contributed by atoms with Crippen LogP contribution in [0.4, 0.5) is 0 Å². The number of ether oxygens (including phenoxy) is 2. The van der Waals surface area contributed by atoms with Gasteiger partial charge in [-0.1, -0.05) is 0 Å². The van der Waals surface area contributed by atoms with Gasteiger partial charge in [-0.15, -0.1) is 0 Å². The number of benzene rings is 1. The van der Waals surface area contributed by atoms with Crippen molar-refractivity contribution in [2.24, 2.45) is 0 Å². The minimum absolute atomic E-state index is 0.482. The van der Waals surface area contributed by atoms with Crippen LogP contribution in [0.2, 0.25) is 0 Å². The van der Waals surface area contributed by atoms with Gasteiger partial charge in [0.05, 0.1) is 5.56 Å². The van der Waals surface area contributed by atoms with Crippen molar-refractivity contribution in [2.45, 2.75) is 6.42 Å². The van der Waals surface area contributed by atoms with E-state index in [4.69, 9.17) is 9.47 Å². The molecule has 92 valence electrons. The molecule has 5 heteroatoms. The average Bonchev–Trinajstić information content (AvgIpc) is 2.36. The Labute approximate surface area is 108 Å². The van der Waals surface area contributed by atoms with Gasteiger partial charge in [0.2, 0.25) is 0 Å². The van der Waals surface area contributed by atoms with E-state index in [1.54, 1.807) is 0 Å². The summed E-state index contributed by atoms with van der Waals surface area (Å²) in [5.74, 6) is 1.27. The zero-order chi connectivity index (χ0) is 12.3. The average molecular weight is 300 g/mol. The second-order valence-corrected chi connectivity index (χ2v) is 4.61. The van der Waals surface area contributed by atoms with Crippen molar-refractivity contribution in [3.8, 4) is 11.5 Å². The van der Waals surface area contributed by atoms with Crippen molar-refractivity contribution < 1.29 is 14.3 Å². The summed E-state index contributed by atoms with van der Waals surface area (Å²) in [6, 6.07) is 1.93. The maximum atomic E-state index is 11.0. The largest absolute Gasteiger partial charge is 0.486 e. The lowest BCUT2D eigenvalue weighted by Gasteiger charge is -2.23. The summed E-state index contributed by atoms with van der Waals surface area (Å²) in [4.78, 5) is 11.0. The lowest BCUT2D eigenvalue weighted by Crippen LogP contribution is -2.19. The molecule has 0 bridgehead atoms. The van der Waals surface area contributed by atoms with E-state index in [2.05, 4.69) is 21.2 Å². The molecule has 0 amide bonds. The molecule has 17 heavy (non-hydrogen) atoms. The molecule has 1 aromatic carbocycles. The Hall–Kier alpha value is -1.07. The van der Waals surface area contributed by atoms with E-state index in [1.165, 1.54) is 0 Å². The molecule has 4 nitrogen and oxygen atoms in total. The SMILES string of the molecule is CNCCc1cc(Br)c(C=O)c2c1OCCO2. The summed E-state index contributed by atoms with van der Waals surface area (Å²) in [5, 5.41) is 3.09. The monoisotopic (exact) mass is 299 g/mol. The first-order valence-corrected chi connectivity index (χ1v) is 6.28. The summed E-state index contributed by atoms with van der Waals surface area (Å²) in [5.41, 5.74) is 1.57. The van der Waals surface area contributed by atoms with Gasteiger partial charge in [-0.2, -0.15) is 0 Å². The van der Waals surface area contributed by atoms with E-state index in [0.29, 0.717) is 30.3 Å². The van der Waals surface area contributed by atoms with E-state index in [9.17, 15) is 4.79 Å². The van der Waals surface area contributed by atoms with Crippen molar-refractivity contribution in [1.82, 2.24) is 5.32 Å². The third-order valence-corrected chi connectivity index (χ3v) is 3.30. The van der Waals surface area contributed by atoms with Gasteiger partial charge in [0.1, 0.15) is 13.2 Å². The van der Waals surface area contributed by atoms with Gasteiger partial charge in [0, 0.05) is 10.0 Å². The van der Waals surface area contributed by atoms with Crippen LogP contribution < -0.4 is 14.8 Å². The topological polar surface area (TPSA) is 47.6 Å². The Morgan fingerprint density at radius 1 is 1.41 bits per heavy atom. The zero-order valence-corrected chi connectivity index (χ0v) is 11.2. The molecule has 0 saturated carbocycles. The second kappa shape index (κ2) is 5.51. The predicted octanol–water partition coefficient (Wildman–Crippen LogP) is 1.79. The Morgan fingerprint density at radius 3 is 2.76 bits per heavy atom. The summed E-state index contributed by atoms with van der Waals surface area (Å²) < 4.78 is 11.9. The maximum Gasteiger partial charge on any atom is 0.173 e. The number of carbonyl (C=O) groups excluding carboxylic acids is 1. The fourth-order valence-corrected chi connectivity index (χ4v) is 2.37. The van der Waals surface area contributed by atoms with Gasteiger partial charge in [-0.3, -0.25) is 4.79 Å². The maximum absolute atomic E-state index is 11.0. The van der Waals surface area contributed by atoms with Gasteiger partial charge in [-0.25, -0.2) is 0 Å². The van der Waals surface area contributed by atoms with Crippen LogP contribution in [0.15, 0.2) is 10.5 Å². The second-order valence-electron chi connectivity index (χ2n) is 3.76. The van der Waals surface area contributed by atoms with Crippen molar-refractivity contribution in [3.63, 3.8) is 0 Å². The number of rotatable bonds is 4. The molecular weight excluding hydrogens is 286 g/mol. The van der Waals surface area contributed by atoms with Crippen molar-refractivity contribution in [3.05, 3.63) is 21.7 Å². The predicted molar refractivity (Wildman–Crippen MR) is 68.2 cm³/mol. The van der Waals surface area contributed by atoms with Crippen LogP contribution in [-0.2, 0) is 6.42 Å². The summed E-state index contributed by atoms with van der Waals surface area (Å²) in [6.45, 7) is 1.86. The molecule has 1 aliphatic heterocycles. The molecule has 0 saturated heterocycles. The molecule has 0 unspecified atom stereocenters. The van der Waals surface area contributed by atoms with Gasteiger partial charge in [0.15, 0.2) is 17.8 Å². The van der Waals surface area contributed by atoms with Crippen LogP contribution in [0, 0.1) is 0 Å². The molecule has 0 aliphatic carbocycles. The van der Waals surface area contributed by atoms with E-state index >= 15 is 0 Å². The number of fused-ring (bicyclic) bond motifs is 1. The number of aldehydes is 1. The van der Waals surface area contributed by atoms with E-state index in [-0.39, 0.29) is 0 Å². The number of hydrogen-bond acceptors (Lipinski definition) is 4. The van der Waals surface area contributed by atoms with Gasteiger partial charge in [-0.05, 0) is 42.0 Å². The first-order chi connectivity index (χ1) is 8.27. The highest BCUT2D eigenvalue weighted by molar-refractivity contribution is 9.10. The Morgan fingerprint density at radius 2 is 2.12 bits per heavy atom. The number of nitrogens with one attached hydrogen (secondary N) is 1. The normalized spacial score (nSPS) is 13.5. The van der Waals surface area contributed by atoms with Gasteiger partial charge >= 0.3 is 0 Å². The summed E-state index contributed by atoms with van der Waals surface area (Å²) in [7, 11) is 1.90.